The predicted molar refractivity (Wildman–Crippen MR) is 127 cm³/mol. The van der Waals surface area contributed by atoms with Crippen molar-refractivity contribution in [3.63, 3.8) is 0 Å². The summed E-state index contributed by atoms with van der Waals surface area (Å²) in [7, 11) is 1.60. The SMILES string of the molecule is COc1ccc(/C=C2\Oc3c(ccc4c3[C@@H](c3ccc(OC(C)C)cc3)CC(=O)O4)C2=O)cc1. The van der Waals surface area contributed by atoms with Gasteiger partial charge in [0.2, 0.25) is 5.78 Å². The number of ketones is 1. The molecule has 0 unspecified atom stereocenters. The molecule has 5 rings (SSSR count). The lowest BCUT2D eigenvalue weighted by Gasteiger charge is -2.26. The number of hydrogen-bond acceptors (Lipinski definition) is 6. The lowest BCUT2D eigenvalue weighted by Crippen LogP contribution is -2.21. The van der Waals surface area contributed by atoms with Crippen molar-refractivity contribution in [3.05, 3.63) is 88.7 Å². The Bertz CT molecular complexity index is 1290. The lowest BCUT2D eigenvalue weighted by molar-refractivity contribution is -0.135. The van der Waals surface area contributed by atoms with Crippen molar-refractivity contribution in [2.24, 2.45) is 0 Å². The minimum atomic E-state index is -0.321. The quantitative estimate of drug-likeness (QED) is 0.285. The van der Waals surface area contributed by atoms with Gasteiger partial charge >= 0.3 is 5.97 Å². The normalized spacial score (nSPS) is 17.8. The van der Waals surface area contributed by atoms with Gasteiger partial charge in [-0.2, -0.15) is 0 Å². The van der Waals surface area contributed by atoms with E-state index in [1.54, 1.807) is 25.3 Å². The molecular weight excluding hydrogens is 432 g/mol. The fourth-order valence-corrected chi connectivity index (χ4v) is 4.29. The zero-order valence-electron chi connectivity index (χ0n) is 19.2. The molecule has 0 fully saturated rings. The van der Waals surface area contributed by atoms with E-state index in [1.807, 2.05) is 62.4 Å². The summed E-state index contributed by atoms with van der Waals surface area (Å²) < 4.78 is 22.6. The Kier molecular flexibility index (Phi) is 5.57. The van der Waals surface area contributed by atoms with Crippen LogP contribution in [0.5, 0.6) is 23.0 Å². The molecule has 172 valence electrons. The van der Waals surface area contributed by atoms with Gasteiger partial charge in [0.15, 0.2) is 5.76 Å². The van der Waals surface area contributed by atoms with Crippen molar-refractivity contribution in [1.82, 2.24) is 0 Å². The molecule has 3 aromatic rings. The highest BCUT2D eigenvalue weighted by Gasteiger charge is 2.38. The molecule has 0 spiro atoms. The Labute approximate surface area is 197 Å². The first-order valence-corrected chi connectivity index (χ1v) is 11.2. The fraction of sp³-hybridized carbons (Fsp3) is 0.214. The first-order chi connectivity index (χ1) is 16.4. The van der Waals surface area contributed by atoms with Gasteiger partial charge in [0.1, 0.15) is 23.0 Å². The number of benzene rings is 3. The van der Waals surface area contributed by atoms with E-state index in [1.165, 1.54) is 0 Å². The minimum absolute atomic E-state index is 0.0647. The molecule has 3 aromatic carbocycles. The van der Waals surface area contributed by atoms with E-state index in [-0.39, 0.29) is 36.0 Å². The van der Waals surface area contributed by atoms with E-state index in [0.29, 0.717) is 22.6 Å². The van der Waals surface area contributed by atoms with E-state index in [2.05, 4.69) is 0 Å². The van der Waals surface area contributed by atoms with Crippen molar-refractivity contribution in [1.29, 1.82) is 0 Å². The summed E-state index contributed by atoms with van der Waals surface area (Å²) >= 11 is 0. The number of carbonyl (C=O) groups is 2. The molecule has 6 nitrogen and oxygen atoms in total. The molecule has 2 aliphatic rings. The average Bonchev–Trinajstić information content (AvgIpc) is 3.14. The first-order valence-electron chi connectivity index (χ1n) is 11.2. The molecule has 0 saturated heterocycles. The summed E-state index contributed by atoms with van der Waals surface area (Å²) in [6, 6.07) is 18.3. The molecule has 1 atom stereocenters. The lowest BCUT2D eigenvalue weighted by atomic mass is 9.84. The highest BCUT2D eigenvalue weighted by molar-refractivity contribution is 6.15. The van der Waals surface area contributed by atoms with E-state index >= 15 is 0 Å². The van der Waals surface area contributed by atoms with E-state index in [0.717, 1.165) is 22.6 Å². The fourth-order valence-electron chi connectivity index (χ4n) is 4.29. The Morgan fingerprint density at radius 2 is 1.62 bits per heavy atom. The third-order valence-corrected chi connectivity index (χ3v) is 5.85. The maximum atomic E-state index is 13.1. The van der Waals surface area contributed by atoms with Crippen LogP contribution in [0.4, 0.5) is 0 Å². The molecule has 2 heterocycles. The van der Waals surface area contributed by atoms with Crippen LogP contribution in [0.2, 0.25) is 0 Å². The minimum Gasteiger partial charge on any atom is -0.497 e. The van der Waals surface area contributed by atoms with Gasteiger partial charge in [-0.1, -0.05) is 24.3 Å². The number of hydrogen-bond donors (Lipinski definition) is 0. The van der Waals surface area contributed by atoms with Crippen molar-refractivity contribution >= 4 is 17.8 Å². The van der Waals surface area contributed by atoms with E-state index in [9.17, 15) is 9.59 Å². The number of ether oxygens (including phenoxy) is 4. The smallest absolute Gasteiger partial charge is 0.312 e. The summed E-state index contributed by atoms with van der Waals surface area (Å²) in [5.41, 5.74) is 2.91. The highest BCUT2D eigenvalue weighted by atomic mass is 16.5. The Morgan fingerprint density at radius 3 is 2.29 bits per heavy atom. The first kappa shape index (κ1) is 21.8. The molecule has 0 bridgehead atoms. The number of carbonyl (C=O) groups excluding carboxylic acids is 2. The van der Waals surface area contributed by atoms with Crippen LogP contribution >= 0.6 is 0 Å². The third kappa shape index (κ3) is 4.03. The van der Waals surface area contributed by atoms with Gasteiger partial charge in [-0.3, -0.25) is 9.59 Å². The molecular formula is C28H24O6. The molecule has 34 heavy (non-hydrogen) atoms. The van der Waals surface area contributed by atoms with E-state index < -0.39 is 0 Å². The van der Waals surface area contributed by atoms with Crippen molar-refractivity contribution in [3.8, 4) is 23.0 Å². The van der Waals surface area contributed by atoms with Gasteiger partial charge in [0.05, 0.1) is 25.2 Å². The summed E-state index contributed by atoms with van der Waals surface area (Å²) in [6.07, 6.45) is 1.92. The van der Waals surface area contributed by atoms with Crippen LogP contribution in [0.3, 0.4) is 0 Å². The molecule has 0 radical (unpaired) electrons. The number of rotatable bonds is 5. The van der Waals surface area contributed by atoms with Gasteiger partial charge in [0.25, 0.3) is 0 Å². The van der Waals surface area contributed by atoms with Crippen LogP contribution in [0.25, 0.3) is 6.08 Å². The monoisotopic (exact) mass is 456 g/mol. The van der Waals surface area contributed by atoms with Gasteiger partial charge < -0.3 is 18.9 Å². The third-order valence-electron chi connectivity index (χ3n) is 5.85. The maximum Gasteiger partial charge on any atom is 0.312 e. The summed E-state index contributed by atoms with van der Waals surface area (Å²) in [4.78, 5) is 25.5. The maximum absolute atomic E-state index is 13.1. The standard InChI is InChI=1S/C28H24O6/c1-16(2)32-20-10-6-18(7-11-20)22-15-25(29)33-23-13-12-21-27(30)24(34-28(21)26(22)23)14-17-4-8-19(31-3)9-5-17/h4-14,16,22H,15H2,1-3H3/b24-14-/t22-/m1/s1. The van der Waals surface area contributed by atoms with Crippen LogP contribution in [0, 0.1) is 0 Å². The summed E-state index contributed by atoms with van der Waals surface area (Å²) in [5, 5.41) is 0. The Balaban J connectivity index is 1.52. The average molecular weight is 456 g/mol. The number of esters is 1. The van der Waals surface area contributed by atoms with Gasteiger partial charge in [-0.15, -0.1) is 0 Å². The molecule has 0 aliphatic carbocycles. The number of allylic oxidation sites excluding steroid dienone is 1. The Hall–Kier alpha value is -4.06. The van der Waals surface area contributed by atoms with Gasteiger partial charge in [-0.25, -0.2) is 0 Å². The number of methoxy groups -OCH3 is 1. The van der Waals surface area contributed by atoms with Gasteiger partial charge in [-0.05, 0) is 67.4 Å². The van der Waals surface area contributed by atoms with Crippen molar-refractivity contribution in [2.45, 2.75) is 32.3 Å². The number of Topliss-reactive ketones (excluding diaryl/α,β-unsaturated/α-hetero) is 1. The van der Waals surface area contributed by atoms with Crippen LogP contribution in [0.1, 0.15) is 53.2 Å². The molecule has 0 saturated carbocycles. The van der Waals surface area contributed by atoms with Crippen LogP contribution in [-0.4, -0.2) is 25.0 Å². The Morgan fingerprint density at radius 1 is 0.912 bits per heavy atom. The van der Waals surface area contributed by atoms with Crippen LogP contribution in [-0.2, 0) is 4.79 Å². The zero-order valence-corrected chi connectivity index (χ0v) is 19.2. The van der Waals surface area contributed by atoms with E-state index in [4.69, 9.17) is 18.9 Å². The van der Waals surface area contributed by atoms with Crippen LogP contribution in [0.15, 0.2) is 66.4 Å². The topological polar surface area (TPSA) is 71.1 Å². The summed E-state index contributed by atoms with van der Waals surface area (Å²) in [6.45, 7) is 3.94. The molecule has 0 aromatic heterocycles. The summed E-state index contributed by atoms with van der Waals surface area (Å²) in [5.74, 6) is 1.75. The predicted octanol–water partition coefficient (Wildman–Crippen LogP) is 5.54. The van der Waals surface area contributed by atoms with Crippen LogP contribution < -0.4 is 18.9 Å². The van der Waals surface area contributed by atoms with Crippen molar-refractivity contribution < 1.29 is 28.5 Å². The van der Waals surface area contributed by atoms with Gasteiger partial charge in [0, 0.05) is 11.5 Å². The second kappa shape index (κ2) is 8.71. The molecule has 2 aliphatic heterocycles. The molecule has 0 N–H and O–H groups in total. The molecule has 0 amide bonds. The molecule has 6 heteroatoms. The van der Waals surface area contributed by atoms with Crippen molar-refractivity contribution in [2.75, 3.05) is 7.11 Å². The number of fused-ring (bicyclic) bond motifs is 3. The largest absolute Gasteiger partial charge is 0.497 e. The second-order valence-electron chi connectivity index (χ2n) is 8.53. The second-order valence-corrected chi connectivity index (χ2v) is 8.53. The zero-order chi connectivity index (χ0) is 23.8. The highest BCUT2D eigenvalue weighted by Crippen LogP contribution is 2.49.